The third-order valence-corrected chi connectivity index (χ3v) is 5.77. The molecule has 12 heteroatoms. The SMILES string of the molecule is COc1cc(-c2nc3c(N4CCCCC4)nc(-c4ccn(CC(F)(F)F)n4)nc3n2C)ccn1. The van der Waals surface area contributed by atoms with Gasteiger partial charge in [-0.25, -0.2) is 19.9 Å². The number of halogens is 3. The van der Waals surface area contributed by atoms with E-state index >= 15 is 0 Å². The first kappa shape index (κ1) is 22.1. The summed E-state index contributed by atoms with van der Waals surface area (Å²) in [6, 6.07) is 5.12. The van der Waals surface area contributed by atoms with E-state index in [-0.39, 0.29) is 11.5 Å². The fourth-order valence-corrected chi connectivity index (χ4v) is 4.16. The topological polar surface area (TPSA) is 86.8 Å². The van der Waals surface area contributed by atoms with Crippen molar-refractivity contribution in [3.8, 4) is 28.8 Å². The molecule has 4 aromatic heterocycles. The molecule has 5 rings (SSSR count). The summed E-state index contributed by atoms with van der Waals surface area (Å²) in [7, 11) is 3.39. The van der Waals surface area contributed by atoms with Gasteiger partial charge in [0, 0.05) is 44.2 Å². The van der Waals surface area contributed by atoms with Gasteiger partial charge in [-0.3, -0.25) is 4.68 Å². The summed E-state index contributed by atoms with van der Waals surface area (Å²) >= 11 is 0. The molecule has 0 bridgehead atoms. The average molecular weight is 472 g/mol. The number of imidazole rings is 1. The van der Waals surface area contributed by atoms with Crippen LogP contribution in [0.3, 0.4) is 0 Å². The third kappa shape index (κ3) is 4.27. The third-order valence-electron chi connectivity index (χ3n) is 5.77. The van der Waals surface area contributed by atoms with Crippen molar-refractivity contribution >= 4 is 17.0 Å². The molecule has 178 valence electrons. The summed E-state index contributed by atoms with van der Waals surface area (Å²) in [6.07, 6.45) is 1.77. The number of rotatable bonds is 5. The van der Waals surface area contributed by atoms with Gasteiger partial charge in [0.25, 0.3) is 0 Å². The second-order valence-corrected chi connectivity index (χ2v) is 8.19. The first-order valence-electron chi connectivity index (χ1n) is 10.9. The highest BCUT2D eigenvalue weighted by Gasteiger charge is 2.29. The molecular weight excluding hydrogens is 449 g/mol. The van der Waals surface area contributed by atoms with E-state index in [0.717, 1.165) is 42.6 Å². The molecule has 0 unspecified atom stereocenters. The van der Waals surface area contributed by atoms with Gasteiger partial charge in [0.15, 0.2) is 22.8 Å². The lowest BCUT2D eigenvalue weighted by Gasteiger charge is -2.27. The molecule has 1 fully saturated rings. The molecule has 0 atom stereocenters. The first-order valence-corrected chi connectivity index (χ1v) is 10.9. The number of nitrogens with zero attached hydrogens (tertiary/aromatic N) is 8. The Bertz CT molecular complexity index is 1320. The Morgan fingerprint density at radius 1 is 1.06 bits per heavy atom. The molecule has 0 amide bonds. The van der Waals surface area contributed by atoms with Crippen LogP contribution in [0, 0.1) is 0 Å². The second-order valence-electron chi connectivity index (χ2n) is 8.19. The number of fused-ring (bicyclic) bond motifs is 1. The van der Waals surface area contributed by atoms with Crippen molar-refractivity contribution < 1.29 is 17.9 Å². The van der Waals surface area contributed by atoms with Crippen molar-refractivity contribution in [1.82, 2.24) is 34.3 Å². The average Bonchev–Trinajstić information content (AvgIpc) is 3.42. The van der Waals surface area contributed by atoms with Gasteiger partial charge in [0.2, 0.25) is 5.88 Å². The number of methoxy groups -OCH3 is 1. The van der Waals surface area contributed by atoms with Crippen LogP contribution in [0.1, 0.15) is 19.3 Å². The highest BCUT2D eigenvalue weighted by molar-refractivity contribution is 5.88. The minimum absolute atomic E-state index is 0.260. The molecule has 0 aliphatic carbocycles. The smallest absolute Gasteiger partial charge is 0.408 e. The van der Waals surface area contributed by atoms with Crippen LogP contribution in [-0.2, 0) is 13.6 Å². The number of alkyl halides is 3. The zero-order chi connectivity index (χ0) is 23.9. The molecule has 0 spiro atoms. The predicted molar refractivity (Wildman–Crippen MR) is 119 cm³/mol. The maximum atomic E-state index is 12.8. The van der Waals surface area contributed by atoms with E-state index in [1.54, 1.807) is 19.4 Å². The van der Waals surface area contributed by atoms with E-state index in [1.165, 1.54) is 12.3 Å². The number of ether oxygens (including phenoxy) is 1. The largest absolute Gasteiger partial charge is 0.481 e. The monoisotopic (exact) mass is 472 g/mol. The molecule has 1 saturated heterocycles. The van der Waals surface area contributed by atoms with Gasteiger partial charge < -0.3 is 14.2 Å². The number of hydrogen-bond donors (Lipinski definition) is 0. The fraction of sp³-hybridized carbons (Fsp3) is 0.409. The van der Waals surface area contributed by atoms with E-state index in [1.807, 2.05) is 17.7 Å². The van der Waals surface area contributed by atoms with Gasteiger partial charge in [-0.1, -0.05) is 0 Å². The number of aromatic nitrogens is 7. The molecule has 1 aliphatic heterocycles. The standard InChI is InChI=1S/C22H23F3N8O/c1-31-19(14-6-8-26-16(12-14)34-2)27-17-20(31)28-18(29-21(17)32-9-4-3-5-10-32)15-7-11-33(30-15)13-22(23,24)25/h6-8,11-12H,3-5,9-10,13H2,1-2H3. The molecule has 5 heterocycles. The summed E-state index contributed by atoms with van der Waals surface area (Å²) in [6.45, 7) is 0.472. The number of piperidine rings is 1. The van der Waals surface area contributed by atoms with Gasteiger partial charge in [-0.15, -0.1) is 0 Å². The minimum Gasteiger partial charge on any atom is -0.481 e. The molecule has 34 heavy (non-hydrogen) atoms. The van der Waals surface area contributed by atoms with Gasteiger partial charge in [0.05, 0.1) is 7.11 Å². The lowest BCUT2D eigenvalue weighted by molar-refractivity contribution is -0.142. The van der Waals surface area contributed by atoms with E-state index in [9.17, 15) is 13.2 Å². The van der Waals surface area contributed by atoms with E-state index in [0.29, 0.717) is 28.7 Å². The summed E-state index contributed by atoms with van der Waals surface area (Å²) in [5.41, 5.74) is 2.28. The molecule has 9 nitrogen and oxygen atoms in total. The van der Waals surface area contributed by atoms with Gasteiger partial charge in [-0.2, -0.15) is 18.3 Å². The van der Waals surface area contributed by atoms with E-state index in [4.69, 9.17) is 14.7 Å². The van der Waals surface area contributed by atoms with Crippen molar-refractivity contribution in [3.05, 3.63) is 30.6 Å². The maximum absolute atomic E-state index is 12.8. The Labute approximate surface area is 193 Å². The van der Waals surface area contributed by atoms with Crippen molar-refractivity contribution in [2.75, 3.05) is 25.1 Å². The summed E-state index contributed by atoms with van der Waals surface area (Å²) in [5, 5.41) is 4.07. The van der Waals surface area contributed by atoms with E-state index in [2.05, 4.69) is 20.0 Å². The van der Waals surface area contributed by atoms with Crippen molar-refractivity contribution in [1.29, 1.82) is 0 Å². The van der Waals surface area contributed by atoms with Crippen molar-refractivity contribution in [3.63, 3.8) is 0 Å². The summed E-state index contributed by atoms with van der Waals surface area (Å²) in [5.74, 6) is 2.04. The van der Waals surface area contributed by atoms with Crippen molar-refractivity contribution in [2.45, 2.75) is 32.0 Å². The molecule has 1 aliphatic rings. The highest BCUT2D eigenvalue weighted by Crippen LogP contribution is 2.32. The Hall–Kier alpha value is -3.70. The zero-order valence-electron chi connectivity index (χ0n) is 18.7. The minimum atomic E-state index is -4.37. The number of hydrogen-bond acceptors (Lipinski definition) is 7. The molecule has 0 radical (unpaired) electrons. The summed E-state index contributed by atoms with van der Waals surface area (Å²) in [4.78, 5) is 20.6. The fourth-order valence-electron chi connectivity index (χ4n) is 4.16. The maximum Gasteiger partial charge on any atom is 0.408 e. The lowest BCUT2D eigenvalue weighted by atomic mass is 10.1. The van der Waals surface area contributed by atoms with Crippen LogP contribution in [0.4, 0.5) is 19.0 Å². The van der Waals surface area contributed by atoms with Gasteiger partial charge in [0.1, 0.15) is 18.1 Å². The van der Waals surface area contributed by atoms with Crippen LogP contribution in [0.15, 0.2) is 30.6 Å². The lowest BCUT2D eigenvalue weighted by Crippen LogP contribution is -2.30. The van der Waals surface area contributed by atoms with Crippen LogP contribution in [0.25, 0.3) is 34.1 Å². The molecular formula is C22H23F3N8O. The van der Waals surface area contributed by atoms with Gasteiger partial charge in [-0.05, 0) is 31.4 Å². The number of pyridine rings is 1. The Kier molecular flexibility index (Phi) is 5.58. The highest BCUT2D eigenvalue weighted by atomic mass is 19.4. The number of aryl methyl sites for hydroxylation is 1. The van der Waals surface area contributed by atoms with Crippen LogP contribution < -0.4 is 9.64 Å². The molecule has 0 N–H and O–H groups in total. The Morgan fingerprint density at radius 2 is 1.85 bits per heavy atom. The Morgan fingerprint density at radius 3 is 2.59 bits per heavy atom. The van der Waals surface area contributed by atoms with Crippen molar-refractivity contribution in [2.24, 2.45) is 7.05 Å². The van der Waals surface area contributed by atoms with Crippen LogP contribution in [0.2, 0.25) is 0 Å². The first-order chi connectivity index (χ1) is 16.3. The molecule has 4 aromatic rings. The van der Waals surface area contributed by atoms with Gasteiger partial charge >= 0.3 is 6.18 Å². The van der Waals surface area contributed by atoms with Crippen LogP contribution in [-0.4, -0.2) is 60.7 Å². The van der Waals surface area contributed by atoms with Crippen LogP contribution >= 0.6 is 0 Å². The Balaban J connectivity index is 1.65. The molecule has 0 saturated carbocycles. The predicted octanol–water partition coefficient (Wildman–Crippen LogP) is 3.85. The zero-order valence-corrected chi connectivity index (χ0v) is 18.7. The quantitative estimate of drug-likeness (QED) is 0.436. The normalized spacial score (nSPS) is 14.7. The summed E-state index contributed by atoms with van der Waals surface area (Å²) < 4.78 is 46.4. The van der Waals surface area contributed by atoms with Crippen LogP contribution in [0.5, 0.6) is 5.88 Å². The second kappa shape index (κ2) is 8.58. The molecule has 0 aromatic carbocycles. The van der Waals surface area contributed by atoms with E-state index < -0.39 is 12.7 Å². The number of anilines is 1.